The predicted octanol–water partition coefficient (Wildman–Crippen LogP) is 3.08. The molecule has 4 nitrogen and oxygen atoms in total. The van der Waals surface area contributed by atoms with Crippen LogP contribution in [0.3, 0.4) is 0 Å². The van der Waals surface area contributed by atoms with Crippen molar-refractivity contribution in [3.8, 4) is 5.75 Å². The molecule has 0 aliphatic carbocycles. The number of ether oxygens (including phenoxy) is 2. The summed E-state index contributed by atoms with van der Waals surface area (Å²) in [6.45, 7) is 6.31. The van der Waals surface area contributed by atoms with Crippen molar-refractivity contribution in [1.82, 2.24) is 4.98 Å². The Labute approximate surface area is 118 Å². The van der Waals surface area contributed by atoms with Crippen molar-refractivity contribution in [1.29, 1.82) is 0 Å². The number of aromatic nitrogens is 1. The third kappa shape index (κ3) is 3.26. The number of carbonyl (C=O) groups is 1. The molecule has 4 heteroatoms. The van der Waals surface area contributed by atoms with E-state index in [9.17, 15) is 4.79 Å². The fraction of sp³-hybridized carbons (Fsp3) is 0.375. The SMILES string of the molecule is COC(=O)COc1ccc2nc(C(C)(C)C)ccc2c1. The van der Waals surface area contributed by atoms with Gasteiger partial charge < -0.3 is 9.47 Å². The van der Waals surface area contributed by atoms with Crippen molar-refractivity contribution in [2.75, 3.05) is 13.7 Å². The average Bonchev–Trinajstić information content (AvgIpc) is 2.42. The normalized spacial score (nSPS) is 11.4. The van der Waals surface area contributed by atoms with E-state index in [1.807, 2.05) is 30.3 Å². The highest BCUT2D eigenvalue weighted by Gasteiger charge is 2.15. The number of hydrogen-bond donors (Lipinski definition) is 0. The van der Waals surface area contributed by atoms with Gasteiger partial charge in [0.05, 0.1) is 12.6 Å². The zero-order valence-electron chi connectivity index (χ0n) is 12.3. The minimum atomic E-state index is -0.397. The summed E-state index contributed by atoms with van der Waals surface area (Å²) >= 11 is 0. The number of hydrogen-bond acceptors (Lipinski definition) is 4. The minimum absolute atomic E-state index is 0.0221. The quantitative estimate of drug-likeness (QED) is 0.806. The third-order valence-electron chi connectivity index (χ3n) is 3.01. The maximum Gasteiger partial charge on any atom is 0.343 e. The van der Waals surface area contributed by atoms with Gasteiger partial charge in [0.25, 0.3) is 0 Å². The molecule has 0 N–H and O–H groups in total. The summed E-state index contributed by atoms with van der Waals surface area (Å²) in [7, 11) is 1.34. The Morgan fingerprint density at radius 1 is 1.20 bits per heavy atom. The second-order valence-electron chi connectivity index (χ2n) is 5.67. The Bertz CT molecular complexity index is 629. The minimum Gasteiger partial charge on any atom is -0.482 e. The van der Waals surface area contributed by atoms with Crippen LogP contribution in [0.15, 0.2) is 30.3 Å². The molecular weight excluding hydrogens is 254 g/mol. The molecule has 0 atom stereocenters. The first-order valence-corrected chi connectivity index (χ1v) is 6.51. The van der Waals surface area contributed by atoms with Crippen LogP contribution in [0.5, 0.6) is 5.75 Å². The zero-order chi connectivity index (χ0) is 14.8. The molecule has 0 fully saturated rings. The highest BCUT2D eigenvalue weighted by atomic mass is 16.6. The first-order chi connectivity index (χ1) is 9.40. The lowest BCUT2D eigenvalue weighted by Gasteiger charge is -2.18. The molecule has 1 aromatic carbocycles. The molecule has 2 aromatic rings. The van der Waals surface area contributed by atoms with E-state index in [0.29, 0.717) is 5.75 Å². The van der Waals surface area contributed by atoms with Crippen LogP contribution >= 0.6 is 0 Å². The molecule has 1 heterocycles. The summed E-state index contributed by atoms with van der Waals surface area (Å²) in [6.07, 6.45) is 0. The topological polar surface area (TPSA) is 48.4 Å². The third-order valence-corrected chi connectivity index (χ3v) is 3.01. The van der Waals surface area contributed by atoms with Crippen LogP contribution in [-0.2, 0) is 14.9 Å². The number of fused-ring (bicyclic) bond motifs is 1. The van der Waals surface area contributed by atoms with Gasteiger partial charge in [-0.15, -0.1) is 0 Å². The first-order valence-electron chi connectivity index (χ1n) is 6.51. The van der Waals surface area contributed by atoms with Crippen LogP contribution < -0.4 is 4.74 Å². The van der Waals surface area contributed by atoms with Crippen molar-refractivity contribution in [2.45, 2.75) is 26.2 Å². The molecule has 106 valence electrons. The van der Waals surface area contributed by atoms with Gasteiger partial charge in [0.15, 0.2) is 6.61 Å². The molecule has 20 heavy (non-hydrogen) atoms. The van der Waals surface area contributed by atoms with Crippen molar-refractivity contribution in [3.63, 3.8) is 0 Å². The first kappa shape index (κ1) is 14.3. The van der Waals surface area contributed by atoms with Crippen LogP contribution in [0.1, 0.15) is 26.5 Å². The van der Waals surface area contributed by atoms with E-state index in [-0.39, 0.29) is 12.0 Å². The van der Waals surface area contributed by atoms with Crippen molar-refractivity contribution < 1.29 is 14.3 Å². The summed E-state index contributed by atoms with van der Waals surface area (Å²) in [4.78, 5) is 15.7. The summed E-state index contributed by atoms with van der Waals surface area (Å²) in [5, 5.41) is 0.986. The van der Waals surface area contributed by atoms with Gasteiger partial charge in [-0.2, -0.15) is 0 Å². The van der Waals surface area contributed by atoms with E-state index in [4.69, 9.17) is 4.74 Å². The second kappa shape index (κ2) is 5.49. The number of nitrogens with zero attached hydrogens (tertiary/aromatic N) is 1. The maximum absolute atomic E-state index is 11.0. The van der Waals surface area contributed by atoms with Gasteiger partial charge in [-0.25, -0.2) is 4.79 Å². The number of benzene rings is 1. The summed E-state index contributed by atoms with van der Waals surface area (Å²) < 4.78 is 9.90. The van der Waals surface area contributed by atoms with Gasteiger partial charge in [0.2, 0.25) is 0 Å². The number of pyridine rings is 1. The van der Waals surface area contributed by atoms with Crippen LogP contribution in [0, 0.1) is 0 Å². The van der Waals surface area contributed by atoms with Crippen molar-refractivity contribution >= 4 is 16.9 Å². The predicted molar refractivity (Wildman–Crippen MR) is 78.0 cm³/mol. The van der Waals surface area contributed by atoms with Crippen LogP contribution in [0.2, 0.25) is 0 Å². The number of methoxy groups -OCH3 is 1. The van der Waals surface area contributed by atoms with Gasteiger partial charge in [-0.1, -0.05) is 26.8 Å². The van der Waals surface area contributed by atoms with E-state index in [1.54, 1.807) is 0 Å². The van der Waals surface area contributed by atoms with Gasteiger partial charge in [0.1, 0.15) is 5.75 Å². The summed E-state index contributed by atoms with van der Waals surface area (Å²) in [6, 6.07) is 9.62. The Morgan fingerprint density at radius 2 is 1.95 bits per heavy atom. The molecule has 0 aliphatic heterocycles. The van der Waals surface area contributed by atoms with E-state index in [0.717, 1.165) is 16.6 Å². The molecule has 2 rings (SSSR count). The maximum atomic E-state index is 11.0. The molecule has 0 aliphatic rings. The molecule has 0 amide bonds. The zero-order valence-corrected chi connectivity index (χ0v) is 12.3. The summed E-state index contributed by atoms with van der Waals surface area (Å²) in [5.74, 6) is 0.236. The van der Waals surface area contributed by atoms with Crippen molar-refractivity contribution in [2.24, 2.45) is 0 Å². The molecule has 0 saturated heterocycles. The second-order valence-corrected chi connectivity index (χ2v) is 5.67. The molecule has 0 radical (unpaired) electrons. The molecule has 0 unspecified atom stereocenters. The van der Waals surface area contributed by atoms with Crippen LogP contribution in [-0.4, -0.2) is 24.7 Å². The monoisotopic (exact) mass is 273 g/mol. The van der Waals surface area contributed by atoms with Gasteiger partial charge >= 0.3 is 5.97 Å². The molecule has 0 saturated carbocycles. The van der Waals surface area contributed by atoms with Gasteiger partial charge in [0, 0.05) is 16.5 Å². The fourth-order valence-electron chi connectivity index (χ4n) is 1.81. The molecule has 0 bridgehead atoms. The Morgan fingerprint density at radius 3 is 2.60 bits per heavy atom. The lowest BCUT2D eigenvalue weighted by atomic mass is 9.91. The number of esters is 1. The number of carbonyl (C=O) groups excluding carboxylic acids is 1. The number of rotatable bonds is 3. The Hall–Kier alpha value is -2.10. The highest BCUT2D eigenvalue weighted by Crippen LogP contribution is 2.25. The van der Waals surface area contributed by atoms with Gasteiger partial charge in [-0.05, 0) is 24.3 Å². The van der Waals surface area contributed by atoms with E-state index >= 15 is 0 Å². The Kier molecular flexibility index (Phi) is 3.93. The van der Waals surface area contributed by atoms with Crippen molar-refractivity contribution in [3.05, 3.63) is 36.0 Å². The van der Waals surface area contributed by atoms with Crippen LogP contribution in [0.4, 0.5) is 0 Å². The highest BCUT2D eigenvalue weighted by molar-refractivity contribution is 5.80. The van der Waals surface area contributed by atoms with Crippen LogP contribution in [0.25, 0.3) is 10.9 Å². The lowest BCUT2D eigenvalue weighted by molar-refractivity contribution is -0.142. The fourth-order valence-corrected chi connectivity index (χ4v) is 1.81. The molecule has 0 spiro atoms. The standard InChI is InChI=1S/C16H19NO3/c1-16(2,3)14-8-5-11-9-12(6-7-13(11)17-14)20-10-15(18)19-4/h5-9H,10H2,1-4H3. The largest absolute Gasteiger partial charge is 0.482 e. The Balaban J connectivity index is 2.25. The molecular formula is C16H19NO3. The van der Waals surface area contributed by atoms with E-state index < -0.39 is 5.97 Å². The average molecular weight is 273 g/mol. The summed E-state index contributed by atoms with van der Waals surface area (Å²) in [5.41, 5.74) is 1.99. The molecule has 1 aromatic heterocycles. The van der Waals surface area contributed by atoms with E-state index in [2.05, 4.69) is 30.5 Å². The lowest BCUT2D eigenvalue weighted by Crippen LogP contribution is -2.13. The van der Waals surface area contributed by atoms with E-state index in [1.165, 1.54) is 7.11 Å². The smallest absolute Gasteiger partial charge is 0.343 e. The van der Waals surface area contributed by atoms with Gasteiger partial charge in [-0.3, -0.25) is 4.98 Å².